The van der Waals surface area contributed by atoms with Crippen LogP contribution in [-0.2, 0) is 0 Å². The van der Waals surface area contributed by atoms with Crippen LogP contribution in [0.4, 0.5) is 0 Å². The fourth-order valence-corrected chi connectivity index (χ4v) is 2.02. The third kappa shape index (κ3) is 4.15. The van der Waals surface area contributed by atoms with Crippen molar-refractivity contribution in [3.63, 3.8) is 0 Å². The second-order valence-corrected chi connectivity index (χ2v) is 5.07. The molecule has 3 heteroatoms. The molecule has 0 aromatic heterocycles. The van der Waals surface area contributed by atoms with Crippen LogP contribution in [0.15, 0.2) is 22.7 Å². The second kappa shape index (κ2) is 6.80. The van der Waals surface area contributed by atoms with Gasteiger partial charge in [0.05, 0.1) is 11.1 Å². The molecular weight excluding hydrogens is 280 g/mol. The van der Waals surface area contributed by atoms with E-state index in [0.29, 0.717) is 18.9 Å². The molecule has 1 rings (SSSR count). The predicted molar refractivity (Wildman–Crippen MR) is 73.7 cm³/mol. The molecule has 0 amide bonds. The minimum absolute atomic E-state index is 0.197. The summed E-state index contributed by atoms with van der Waals surface area (Å²) in [5.41, 5.74) is 0.751. The summed E-state index contributed by atoms with van der Waals surface area (Å²) in [5.74, 6) is 1.42. The molecule has 0 saturated carbocycles. The van der Waals surface area contributed by atoms with Crippen LogP contribution >= 0.6 is 15.9 Å². The molecule has 0 bridgehead atoms. The zero-order chi connectivity index (χ0) is 12.8. The fourth-order valence-electron chi connectivity index (χ4n) is 1.53. The van der Waals surface area contributed by atoms with Crippen LogP contribution in [-0.4, -0.2) is 12.4 Å². The Morgan fingerprint density at radius 1 is 1.41 bits per heavy atom. The lowest BCUT2D eigenvalue weighted by Crippen LogP contribution is -2.05. The lowest BCUT2D eigenvalue weighted by Gasteiger charge is -2.09. The summed E-state index contributed by atoms with van der Waals surface area (Å²) in [6.45, 7) is 6.76. The summed E-state index contributed by atoms with van der Waals surface area (Å²) in [6.07, 6.45) is 1.64. The van der Waals surface area contributed by atoms with Crippen LogP contribution in [0.1, 0.15) is 44.0 Å². The van der Waals surface area contributed by atoms with Gasteiger partial charge in [-0.25, -0.2) is 0 Å². The van der Waals surface area contributed by atoms with Crippen molar-refractivity contribution in [2.24, 2.45) is 5.92 Å². The van der Waals surface area contributed by atoms with Crippen molar-refractivity contribution in [2.75, 3.05) is 6.61 Å². The summed E-state index contributed by atoms with van der Waals surface area (Å²) >= 11 is 3.42. The third-order valence-corrected chi connectivity index (χ3v) is 3.40. The van der Waals surface area contributed by atoms with E-state index < -0.39 is 0 Å². The summed E-state index contributed by atoms with van der Waals surface area (Å²) in [6, 6.07) is 5.52. The molecule has 0 saturated heterocycles. The van der Waals surface area contributed by atoms with Crippen molar-refractivity contribution in [3.8, 4) is 5.75 Å². The quantitative estimate of drug-likeness (QED) is 0.725. The van der Waals surface area contributed by atoms with E-state index in [4.69, 9.17) is 4.74 Å². The molecule has 1 unspecified atom stereocenters. The van der Waals surface area contributed by atoms with Crippen molar-refractivity contribution >= 4 is 21.7 Å². The second-order valence-electron chi connectivity index (χ2n) is 4.22. The molecule has 1 atom stereocenters. The SMILES string of the molecule is CCOc1ccc(C(=O)CC(C)CC)cc1Br. The normalized spacial score (nSPS) is 12.2. The predicted octanol–water partition coefficient (Wildman–Crippen LogP) is 4.47. The van der Waals surface area contributed by atoms with E-state index in [1.165, 1.54) is 0 Å². The van der Waals surface area contributed by atoms with Gasteiger partial charge in [-0.2, -0.15) is 0 Å². The summed E-state index contributed by atoms with van der Waals surface area (Å²) in [5, 5.41) is 0. The maximum atomic E-state index is 12.0. The van der Waals surface area contributed by atoms with E-state index in [2.05, 4.69) is 29.8 Å². The molecule has 0 aliphatic heterocycles. The monoisotopic (exact) mass is 298 g/mol. The summed E-state index contributed by atoms with van der Waals surface area (Å²) in [4.78, 5) is 12.0. The van der Waals surface area contributed by atoms with Crippen LogP contribution in [0.25, 0.3) is 0 Å². The Morgan fingerprint density at radius 3 is 2.65 bits per heavy atom. The number of hydrogen-bond donors (Lipinski definition) is 0. The Kier molecular flexibility index (Phi) is 5.69. The molecule has 0 radical (unpaired) electrons. The average Bonchev–Trinajstić information content (AvgIpc) is 2.31. The van der Waals surface area contributed by atoms with Crippen molar-refractivity contribution < 1.29 is 9.53 Å². The van der Waals surface area contributed by atoms with Gasteiger partial charge in [-0.1, -0.05) is 20.3 Å². The van der Waals surface area contributed by atoms with Crippen molar-refractivity contribution in [3.05, 3.63) is 28.2 Å². The standard InChI is InChI=1S/C14H19BrO2/c1-4-10(3)8-13(16)11-6-7-14(17-5-2)12(15)9-11/h6-7,9-10H,4-5,8H2,1-3H3. The van der Waals surface area contributed by atoms with Gasteiger partial charge in [-0.15, -0.1) is 0 Å². The van der Waals surface area contributed by atoms with Crippen molar-refractivity contribution in [2.45, 2.75) is 33.6 Å². The number of carbonyl (C=O) groups is 1. The highest BCUT2D eigenvalue weighted by Gasteiger charge is 2.12. The number of Topliss-reactive ketones (excluding diaryl/α,β-unsaturated/α-hetero) is 1. The molecule has 1 aromatic rings. The fraction of sp³-hybridized carbons (Fsp3) is 0.500. The zero-order valence-electron chi connectivity index (χ0n) is 10.6. The van der Waals surface area contributed by atoms with Crippen LogP contribution < -0.4 is 4.74 Å². The van der Waals surface area contributed by atoms with Crippen molar-refractivity contribution in [1.29, 1.82) is 0 Å². The largest absolute Gasteiger partial charge is 0.493 e. The number of ketones is 1. The number of rotatable bonds is 6. The van der Waals surface area contributed by atoms with Gasteiger partial charge < -0.3 is 4.74 Å². The number of carbonyl (C=O) groups excluding carboxylic acids is 1. The minimum atomic E-state index is 0.197. The topological polar surface area (TPSA) is 26.3 Å². The molecule has 0 fully saturated rings. The number of hydrogen-bond acceptors (Lipinski definition) is 2. The Labute approximate surface area is 111 Å². The molecule has 94 valence electrons. The lowest BCUT2D eigenvalue weighted by atomic mass is 9.98. The highest BCUT2D eigenvalue weighted by Crippen LogP contribution is 2.27. The number of ether oxygens (including phenoxy) is 1. The molecule has 0 heterocycles. The molecule has 0 aliphatic rings. The first kappa shape index (κ1) is 14.2. The summed E-state index contributed by atoms with van der Waals surface area (Å²) < 4.78 is 6.26. The maximum Gasteiger partial charge on any atom is 0.163 e. The smallest absolute Gasteiger partial charge is 0.163 e. The van der Waals surface area contributed by atoms with E-state index in [9.17, 15) is 4.79 Å². The van der Waals surface area contributed by atoms with Crippen LogP contribution in [0.3, 0.4) is 0 Å². The van der Waals surface area contributed by atoms with Crippen LogP contribution in [0, 0.1) is 5.92 Å². The van der Waals surface area contributed by atoms with Crippen molar-refractivity contribution in [1.82, 2.24) is 0 Å². The molecule has 17 heavy (non-hydrogen) atoms. The Bertz CT molecular complexity index is 388. The van der Waals surface area contributed by atoms with E-state index in [-0.39, 0.29) is 5.78 Å². The first-order valence-electron chi connectivity index (χ1n) is 6.04. The number of benzene rings is 1. The van der Waals surface area contributed by atoms with E-state index in [1.807, 2.05) is 25.1 Å². The van der Waals surface area contributed by atoms with E-state index >= 15 is 0 Å². The van der Waals surface area contributed by atoms with Gasteiger partial charge in [0.2, 0.25) is 0 Å². The zero-order valence-corrected chi connectivity index (χ0v) is 12.2. The lowest BCUT2D eigenvalue weighted by molar-refractivity contribution is 0.0963. The summed E-state index contributed by atoms with van der Waals surface area (Å²) in [7, 11) is 0. The van der Waals surface area contributed by atoms with Gasteiger partial charge in [0.1, 0.15) is 5.75 Å². The van der Waals surface area contributed by atoms with E-state index in [1.54, 1.807) is 0 Å². The first-order valence-corrected chi connectivity index (χ1v) is 6.83. The Morgan fingerprint density at radius 2 is 2.12 bits per heavy atom. The minimum Gasteiger partial charge on any atom is -0.493 e. The highest BCUT2D eigenvalue weighted by molar-refractivity contribution is 9.10. The molecule has 0 spiro atoms. The van der Waals surface area contributed by atoms with Gasteiger partial charge in [0.15, 0.2) is 5.78 Å². The first-order chi connectivity index (χ1) is 8.08. The van der Waals surface area contributed by atoms with Crippen LogP contribution in [0.5, 0.6) is 5.75 Å². The molecular formula is C14H19BrO2. The third-order valence-electron chi connectivity index (χ3n) is 2.78. The maximum absolute atomic E-state index is 12.0. The van der Waals surface area contributed by atoms with E-state index in [0.717, 1.165) is 22.2 Å². The molecule has 2 nitrogen and oxygen atoms in total. The van der Waals surface area contributed by atoms with Gasteiger partial charge >= 0.3 is 0 Å². The molecule has 0 N–H and O–H groups in total. The number of halogens is 1. The molecule has 0 aliphatic carbocycles. The average molecular weight is 299 g/mol. The van der Waals surface area contributed by atoms with Gasteiger partial charge in [-0.3, -0.25) is 4.79 Å². The van der Waals surface area contributed by atoms with Gasteiger partial charge in [0.25, 0.3) is 0 Å². The Balaban J connectivity index is 2.79. The highest BCUT2D eigenvalue weighted by atomic mass is 79.9. The van der Waals surface area contributed by atoms with Gasteiger partial charge in [0, 0.05) is 12.0 Å². The van der Waals surface area contributed by atoms with Gasteiger partial charge in [-0.05, 0) is 47.0 Å². The Hall–Kier alpha value is -0.830. The molecule has 1 aromatic carbocycles. The van der Waals surface area contributed by atoms with Crippen LogP contribution in [0.2, 0.25) is 0 Å².